The lowest BCUT2D eigenvalue weighted by molar-refractivity contribution is -0.116. The van der Waals surface area contributed by atoms with E-state index in [2.05, 4.69) is 5.32 Å². The highest BCUT2D eigenvalue weighted by Crippen LogP contribution is 2.19. The van der Waals surface area contributed by atoms with Crippen LogP contribution in [0.15, 0.2) is 53.4 Å². The minimum Gasteiger partial charge on any atom is -0.494 e. The van der Waals surface area contributed by atoms with Gasteiger partial charge in [0, 0.05) is 12.7 Å². The van der Waals surface area contributed by atoms with Crippen LogP contribution >= 0.6 is 0 Å². The van der Waals surface area contributed by atoms with Crippen molar-refractivity contribution in [3.8, 4) is 5.75 Å². The second-order valence-electron chi connectivity index (χ2n) is 5.22. The third-order valence-corrected chi connectivity index (χ3v) is 5.15. The molecule has 0 saturated heterocycles. The van der Waals surface area contributed by atoms with Crippen LogP contribution in [0, 0.1) is 5.82 Å². The molecule has 2 rings (SSSR count). The normalized spacial score (nSPS) is 11.4. The Labute approximate surface area is 146 Å². The van der Waals surface area contributed by atoms with Gasteiger partial charge in [-0.05, 0) is 55.5 Å². The topological polar surface area (TPSA) is 75.7 Å². The Hall–Kier alpha value is -2.45. The van der Waals surface area contributed by atoms with Crippen LogP contribution in [-0.4, -0.2) is 38.8 Å². The lowest BCUT2D eigenvalue weighted by Gasteiger charge is -2.17. The van der Waals surface area contributed by atoms with Crippen molar-refractivity contribution >= 4 is 21.6 Å². The molecule has 0 fully saturated rings. The number of sulfonamides is 1. The predicted octanol–water partition coefficient (Wildman–Crippen LogP) is 2.48. The standard InChI is InChI=1S/C17H19FN2O4S/c1-3-24-15-8-10-16(11-9-15)25(22,23)20(2)12-17(21)19-14-6-4-13(18)5-7-14/h4-11H,3,12H2,1-2H3,(H,19,21). The molecule has 0 aromatic heterocycles. The summed E-state index contributed by atoms with van der Waals surface area (Å²) in [7, 11) is -2.49. The first-order valence-corrected chi connectivity index (χ1v) is 9.01. The first-order chi connectivity index (χ1) is 11.8. The number of nitrogens with one attached hydrogen (secondary N) is 1. The van der Waals surface area contributed by atoms with E-state index in [9.17, 15) is 17.6 Å². The first-order valence-electron chi connectivity index (χ1n) is 7.57. The van der Waals surface area contributed by atoms with Gasteiger partial charge in [-0.1, -0.05) is 0 Å². The van der Waals surface area contributed by atoms with Gasteiger partial charge in [0.1, 0.15) is 11.6 Å². The molecule has 0 unspecified atom stereocenters. The van der Waals surface area contributed by atoms with Crippen LogP contribution in [0.5, 0.6) is 5.75 Å². The van der Waals surface area contributed by atoms with E-state index in [1.807, 2.05) is 6.92 Å². The highest BCUT2D eigenvalue weighted by molar-refractivity contribution is 7.89. The number of nitrogens with zero attached hydrogens (tertiary/aromatic N) is 1. The molecular formula is C17H19FN2O4S. The van der Waals surface area contributed by atoms with Gasteiger partial charge in [0.25, 0.3) is 0 Å². The molecule has 8 heteroatoms. The maximum atomic E-state index is 12.8. The van der Waals surface area contributed by atoms with E-state index in [1.54, 1.807) is 12.1 Å². The van der Waals surface area contributed by atoms with Crippen molar-refractivity contribution in [3.63, 3.8) is 0 Å². The summed E-state index contributed by atoms with van der Waals surface area (Å²) in [5, 5.41) is 2.52. The van der Waals surface area contributed by atoms with Gasteiger partial charge < -0.3 is 10.1 Å². The molecule has 0 aliphatic carbocycles. The van der Waals surface area contributed by atoms with E-state index in [4.69, 9.17) is 4.74 Å². The van der Waals surface area contributed by atoms with Crippen molar-refractivity contribution in [1.29, 1.82) is 0 Å². The van der Waals surface area contributed by atoms with E-state index in [0.29, 0.717) is 18.0 Å². The molecule has 0 spiro atoms. The van der Waals surface area contributed by atoms with Crippen LogP contribution < -0.4 is 10.1 Å². The molecule has 2 aromatic carbocycles. The zero-order valence-electron chi connectivity index (χ0n) is 13.9. The fourth-order valence-corrected chi connectivity index (χ4v) is 3.20. The average molecular weight is 366 g/mol. The summed E-state index contributed by atoms with van der Waals surface area (Å²) in [6, 6.07) is 11.2. The molecule has 134 valence electrons. The number of likely N-dealkylation sites (N-methyl/N-ethyl adjacent to an activating group) is 1. The Morgan fingerprint density at radius 2 is 1.72 bits per heavy atom. The van der Waals surface area contributed by atoms with E-state index in [1.165, 1.54) is 43.4 Å². The molecule has 0 saturated carbocycles. The SMILES string of the molecule is CCOc1ccc(S(=O)(=O)N(C)CC(=O)Nc2ccc(F)cc2)cc1. The van der Waals surface area contributed by atoms with Gasteiger partial charge in [-0.2, -0.15) is 4.31 Å². The molecule has 2 aromatic rings. The summed E-state index contributed by atoms with van der Waals surface area (Å²) in [6.45, 7) is 1.95. The number of amides is 1. The van der Waals surface area contributed by atoms with E-state index in [-0.39, 0.29) is 11.4 Å². The van der Waals surface area contributed by atoms with Crippen molar-refractivity contribution < 1.29 is 22.3 Å². The van der Waals surface area contributed by atoms with E-state index in [0.717, 1.165) is 4.31 Å². The number of carbonyl (C=O) groups is 1. The van der Waals surface area contributed by atoms with Crippen LogP contribution in [-0.2, 0) is 14.8 Å². The van der Waals surface area contributed by atoms with Crippen LogP contribution in [0.2, 0.25) is 0 Å². The van der Waals surface area contributed by atoms with Crippen molar-refractivity contribution in [1.82, 2.24) is 4.31 Å². The summed E-state index contributed by atoms with van der Waals surface area (Å²) >= 11 is 0. The Balaban J connectivity index is 2.03. The van der Waals surface area contributed by atoms with Crippen LogP contribution in [0.1, 0.15) is 6.92 Å². The van der Waals surface area contributed by atoms with Gasteiger partial charge >= 0.3 is 0 Å². The third-order valence-electron chi connectivity index (χ3n) is 3.34. The van der Waals surface area contributed by atoms with E-state index >= 15 is 0 Å². The fraction of sp³-hybridized carbons (Fsp3) is 0.235. The number of benzene rings is 2. The summed E-state index contributed by atoms with van der Waals surface area (Å²) in [5.74, 6) is -0.380. The van der Waals surface area contributed by atoms with Gasteiger partial charge in [0.05, 0.1) is 18.0 Å². The predicted molar refractivity (Wildman–Crippen MR) is 92.5 cm³/mol. The van der Waals surface area contributed by atoms with Crippen LogP contribution in [0.3, 0.4) is 0 Å². The minimum atomic E-state index is -3.81. The molecule has 0 bridgehead atoms. The first kappa shape index (κ1) is 18.9. The smallest absolute Gasteiger partial charge is 0.243 e. The molecule has 0 atom stereocenters. The number of halogens is 1. The maximum absolute atomic E-state index is 12.8. The largest absolute Gasteiger partial charge is 0.494 e. The highest BCUT2D eigenvalue weighted by atomic mass is 32.2. The summed E-state index contributed by atoms with van der Waals surface area (Å²) in [6.07, 6.45) is 0. The molecule has 1 N–H and O–H groups in total. The Bertz CT molecular complexity index is 821. The molecule has 0 aliphatic rings. The van der Waals surface area contributed by atoms with Gasteiger partial charge in [0.15, 0.2) is 0 Å². The fourth-order valence-electron chi connectivity index (χ4n) is 2.08. The number of anilines is 1. The van der Waals surface area contributed by atoms with Crippen LogP contribution in [0.4, 0.5) is 10.1 Å². The minimum absolute atomic E-state index is 0.0630. The molecule has 25 heavy (non-hydrogen) atoms. The molecule has 0 radical (unpaired) electrons. The number of rotatable bonds is 7. The molecular weight excluding hydrogens is 347 g/mol. The summed E-state index contributed by atoms with van der Waals surface area (Å²) in [4.78, 5) is 12.1. The second-order valence-corrected chi connectivity index (χ2v) is 7.27. The van der Waals surface area contributed by atoms with Crippen molar-refractivity contribution in [3.05, 3.63) is 54.3 Å². The average Bonchev–Trinajstić information content (AvgIpc) is 2.57. The summed E-state index contributed by atoms with van der Waals surface area (Å²) in [5.41, 5.74) is 0.387. The molecule has 1 amide bonds. The Kier molecular flexibility index (Phi) is 6.11. The van der Waals surface area contributed by atoms with Gasteiger partial charge in [-0.3, -0.25) is 4.79 Å². The maximum Gasteiger partial charge on any atom is 0.243 e. The summed E-state index contributed by atoms with van der Waals surface area (Å²) < 4.78 is 44.0. The quantitative estimate of drug-likeness (QED) is 0.817. The zero-order valence-corrected chi connectivity index (χ0v) is 14.7. The number of ether oxygens (including phenoxy) is 1. The number of hydrogen-bond donors (Lipinski definition) is 1. The van der Waals surface area contributed by atoms with Crippen molar-refractivity contribution in [2.24, 2.45) is 0 Å². The zero-order chi connectivity index (χ0) is 18.4. The second kappa shape index (κ2) is 8.09. The number of carbonyl (C=O) groups excluding carboxylic acids is 1. The van der Waals surface area contributed by atoms with Crippen molar-refractivity contribution in [2.75, 3.05) is 25.5 Å². The third kappa shape index (κ3) is 5.01. The van der Waals surface area contributed by atoms with Gasteiger partial charge in [-0.15, -0.1) is 0 Å². The van der Waals surface area contributed by atoms with Gasteiger partial charge in [-0.25, -0.2) is 12.8 Å². The van der Waals surface area contributed by atoms with Crippen LogP contribution in [0.25, 0.3) is 0 Å². The molecule has 0 aliphatic heterocycles. The molecule has 6 nitrogen and oxygen atoms in total. The number of hydrogen-bond acceptors (Lipinski definition) is 4. The van der Waals surface area contributed by atoms with Crippen molar-refractivity contribution in [2.45, 2.75) is 11.8 Å². The highest BCUT2D eigenvalue weighted by Gasteiger charge is 2.23. The van der Waals surface area contributed by atoms with Gasteiger partial charge in [0.2, 0.25) is 15.9 Å². The molecule has 0 heterocycles. The monoisotopic (exact) mass is 366 g/mol. The Morgan fingerprint density at radius 1 is 1.12 bits per heavy atom. The lowest BCUT2D eigenvalue weighted by atomic mass is 10.3. The lowest BCUT2D eigenvalue weighted by Crippen LogP contribution is -2.34. The van der Waals surface area contributed by atoms with E-state index < -0.39 is 21.7 Å². The Morgan fingerprint density at radius 3 is 2.28 bits per heavy atom.